The minimum absolute atomic E-state index is 0.0437. The summed E-state index contributed by atoms with van der Waals surface area (Å²) in [5.41, 5.74) is 1.19. The number of ether oxygens (including phenoxy) is 1. The van der Waals surface area contributed by atoms with Crippen molar-refractivity contribution in [1.29, 1.82) is 0 Å². The number of rotatable bonds is 9. The third-order valence-corrected chi connectivity index (χ3v) is 4.90. The molecule has 0 fully saturated rings. The van der Waals surface area contributed by atoms with Gasteiger partial charge in [0.2, 0.25) is 5.91 Å². The first-order valence-corrected chi connectivity index (χ1v) is 9.79. The highest BCUT2D eigenvalue weighted by Crippen LogP contribution is 2.25. The Bertz CT molecular complexity index is 674. The molecular weight excluding hydrogens is 354 g/mol. The summed E-state index contributed by atoms with van der Waals surface area (Å²) in [6, 6.07) is 15.7. The molecule has 0 aliphatic heterocycles. The van der Waals surface area contributed by atoms with E-state index in [2.05, 4.69) is 25.2 Å². The summed E-state index contributed by atoms with van der Waals surface area (Å²) in [5.74, 6) is 2.09. The Morgan fingerprint density at radius 2 is 1.88 bits per heavy atom. The molecule has 0 radical (unpaired) electrons. The Balaban J connectivity index is 1.63. The van der Waals surface area contributed by atoms with Crippen LogP contribution < -0.4 is 10.1 Å². The van der Waals surface area contributed by atoms with Gasteiger partial charge in [-0.1, -0.05) is 43.6 Å². The van der Waals surface area contributed by atoms with Crippen LogP contribution in [0.4, 0.5) is 0 Å². The average Bonchev–Trinajstić information content (AvgIpc) is 2.60. The maximum absolute atomic E-state index is 11.9. The zero-order valence-corrected chi connectivity index (χ0v) is 16.2. The maximum atomic E-state index is 11.9. The second-order valence-corrected chi connectivity index (χ2v) is 7.55. The number of carbonyl (C=O) groups excluding carboxylic acids is 1. The summed E-state index contributed by atoms with van der Waals surface area (Å²) in [4.78, 5) is 13.0. The number of thioether (sulfide) groups is 1. The lowest BCUT2D eigenvalue weighted by Gasteiger charge is -2.14. The Kier molecular flexibility index (Phi) is 8.16. The Hall–Kier alpha value is -1.65. The van der Waals surface area contributed by atoms with Crippen LogP contribution in [0.1, 0.15) is 31.7 Å². The normalized spacial score (nSPS) is 10.7. The van der Waals surface area contributed by atoms with E-state index in [0.717, 1.165) is 21.4 Å². The van der Waals surface area contributed by atoms with E-state index in [1.165, 1.54) is 5.56 Å². The maximum Gasteiger partial charge on any atom is 0.220 e. The molecule has 2 rings (SSSR count). The minimum Gasteiger partial charge on any atom is -0.491 e. The molecule has 1 amide bonds. The van der Waals surface area contributed by atoms with Crippen molar-refractivity contribution in [3.05, 3.63) is 59.1 Å². The van der Waals surface area contributed by atoms with Gasteiger partial charge in [-0.15, -0.1) is 11.8 Å². The number of hydrogen-bond donors (Lipinski definition) is 1. The van der Waals surface area contributed by atoms with Gasteiger partial charge in [0, 0.05) is 22.1 Å². The molecule has 2 aromatic rings. The first-order valence-electron chi connectivity index (χ1n) is 8.43. The van der Waals surface area contributed by atoms with Crippen LogP contribution in [0.15, 0.2) is 53.4 Å². The van der Waals surface area contributed by atoms with Gasteiger partial charge in [-0.3, -0.25) is 4.79 Å². The molecule has 1 N–H and O–H groups in total. The zero-order chi connectivity index (χ0) is 18.1. The number of nitrogens with one attached hydrogen (secondary N) is 1. The molecule has 0 saturated carbocycles. The molecule has 25 heavy (non-hydrogen) atoms. The van der Waals surface area contributed by atoms with Gasteiger partial charge in [0.1, 0.15) is 12.4 Å². The summed E-state index contributed by atoms with van der Waals surface area (Å²) in [5, 5.41) is 3.62. The van der Waals surface area contributed by atoms with Gasteiger partial charge >= 0.3 is 0 Å². The predicted octanol–water partition coefficient (Wildman–Crippen LogP) is 5.14. The van der Waals surface area contributed by atoms with E-state index in [1.807, 2.05) is 42.5 Å². The summed E-state index contributed by atoms with van der Waals surface area (Å²) in [7, 11) is 0. The topological polar surface area (TPSA) is 38.3 Å². The number of para-hydroxylation sites is 1. The molecule has 2 aromatic carbocycles. The predicted molar refractivity (Wildman–Crippen MR) is 106 cm³/mol. The molecule has 134 valence electrons. The molecule has 5 heteroatoms. The van der Waals surface area contributed by atoms with Crippen molar-refractivity contribution in [3.8, 4) is 5.75 Å². The Labute approximate surface area is 159 Å². The molecule has 0 bridgehead atoms. The molecule has 0 atom stereocenters. The largest absolute Gasteiger partial charge is 0.491 e. The standard InChI is InChI=1S/C20H24ClNO2S/c1-15(2)18-5-3-4-6-19(18)24-13-12-22-20(23)11-14-25-17-9-7-16(21)8-10-17/h3-10,15H,11-14H2,1-2H3,(H,22,23). The lowest BCUT2D eigenvalue weighted by atomic mass is 10.0. The number of benzene rings is 2. The minimum atomic E-state index is 0.0437. The smallest absolute Gasteiger partial charge is 0.220 e. The van der Waals surface area contributed by atoms with Crippen molar-refractivity contribution in [2.75, 3.05) is 18.9 Å². The van der Waals surface area contributed by atoms with E-state index in [9.17, 15) is 4.79 Å². The molecule has 0 aliphatic rings. The van der Waals surface area contributed by atoms with Crippen LogP contribution in [0, 0.1) is 0 Å². The van der Waals surface area contributed by atoms with Crippen molar-refractivity contribution in [1.82, 2.24) is 5.32 Å². The van der Waals surface area contributed by atoms with Crippen LogP contribution in [0.5, 0.6) is 5.75 Å². The monoisotopic (exact) mass is 377 g/mol. The number of carbonyl (C=O) groups is 1. The van der Waals surface area contributed by atoms with Gasteiger partial charge < -0.3 is 10.1 Å². The Morgan fingerprint density at radius 1 is 1.16 bits per heavy atom. The van der Waals surface area contributed by atoms with Gasteiger partial charge in [0.05, 0.1) is 6.54 Å². The molecular formula is C20H24ClNO2S. The number of amides is 1. The average molecular weight is 378 g/mol. The van der Waals surface area contributed by atoms with Gasteiger partial charge in [-0.25, -0.2) is 0 Å². The third-order valence-electron chi connectivity index (χ3n) is 3.63. The number of hydrogen-bond acceptors (Lipinski definition) is 3. The first kappa shape index (κ1) is 19.7. The fourth-order valence-corrected chi connectivity index (χ4v) is 3.30. The summed E-state index contributed by atoms with van der Waals surface area (Å²) in [6.45, 7) is 5.27. The van der Waals surface area contributed by atoms with Crippen LogP contribution in [0.3, 0.4) is 0 Å². The van der Waals surface area contributed by atoms with Gasteiger partial charge in [0.25, 0.3) is 0 Å². The van der Waals surface area contributed by atoms with Crippen molar-refractivity contribution in [2.45, 2.75) is 31.1 Å². The van der Waals surface area contributed by atoms with Crippen LogP contribution in [-0.4, -0.2) is 24.8 Å². The quantitative estimate of drug-likeness (QED) is 0.485. The van der Waals surface area contributed by atoms with Gasteiger partial charge in [-0.05, 0) is 41.8 Å². The molecule has 0 unspecified atom stereocenters. The molecule has 0 saturated heterocycles. The zero-order valence-electron chi connectivity index (χ0n) is 14.6. The van der Waals surface area contributed by atoms with Gasteiger partial charge in [-0.2, -0.15) is 0 Å². The molecule has 0 heterocycles. The molecule has 0 aromatic heterocycles. The highest BCUT2D eigenvalue weighted by molar-refractivity contribution is 7.99. The van der Waals surface area contributed by atoms with E-state index in [4.69, 9.17) is 16.3 Å². The van der Waals surface area contributed by atoms with E-state index in [-0.39, 0.29) is 5.91 Å². The van der Waals surface area contributed by atoms with Crippen LogP contribution in [-0.2, 0) is 4.79 Å². The fourth-order valence-electron chi connectivity index (χ4n) is 2.32. The van der Waals surface area contributed by atoms with Crippen LogP contribution in [0.25, 0.3) is 0 Å². The molecule has 3 nitrogen and oxygen atoms in total. The van der Waals surface area contributed by atoms with Crippen molar-refractivity contribution in [3.63, 3.8) is 0 Å². The summed E-state index contributed by atoms with van der Waals surface area (Å²) < 4.78 is 5.80. The fraction of sp³-hybridized carbons (Fsp3) is 0.350. The molecule has 0 aliphatic carbocycles. The lowest BCUT2D eigenvalue weighted by Crippen LogP contribution is -2.28. The van der Waals surface area contributed by atoms with E-state index >= 15 is 0 Å². The van der Waals surface area contributed by atoms with Crippen LogP contribution >= 0.6 is 23.4 Å². The van der Waals surface area contributed by atoms with E-state index in [1.54, 1.807) is 11.8 Å². The van der Waals surface area contributed by atoms with E-state index < -0.39 is 0 Å². The van der Waals surface area contributed by atoms with Crippen molar-refractivity contribution in [2.24, 2.45) is 0 Å². The highest BCUT2D eigenvalue weighted by atomic mass is 35.5. The third kappa shape index (κ3) is 7.00. The number of halogens is 1. The lowest BCUT2D eigenvalue weighted by molar-refractivity contribution is -0.120. The summed E-state index contributed by atoms with van der Waals surface area (Å²) in [6.07, 6.45) is 0.482. The second kappa shape index (κ2) is 10.4. The van der Waals surface area contributed by atoms with Gasteiger partial charge in [0.15, 0.2) is 0 Å². The van der Waals surface area contributed by atoms with Crippen molar-refractivity contribution >= 4 is 29.3 Å². The Morgan fingerprint density at radius 3 is 2.60 bits per heavy atom. The summed E-state index contributed by atoms with van der Waals surface area (Å²) >= 11 is 7.50. The highest BCUT2D eigenvalue weighted by Gasteiger charge is 2.07. The second-order valence-electron chi connectivity index (χ2n) is 5.94. The van der Waals surface area contributed by atoms with Crippen LogP contribution in [0.2, 0.25) is 5.02 Å². The van der Waals surface area contributed by atoms with Crippen molar-refractivity contribution < 1.29 is 9.53 Å². The SMILES string of the molecule is CC(C)c1ccccc1OCCNC(=O)CCSc1ccc(Cl)cc1. The molecule has 0 spiro atoms. The van der Waals surface area contributed by atoms with E-state index in [0.29, 0.717) is 25.5 Å². The first-order chi connectivity index (χ1) is 12.1.